The third kappa shape index (κ3) is 3.42. The minimum atomic E-state index is -0.499. The number of imidazole rings is 1. The van der Waals surface area contributed by atoms with Gasteiger partial charge < -0.3 is 9.88 Å². The number of nitrogens with zero attached hydrogens (tertiary/aromatic N) is 6. The summed E-state index contributed by atoms with van der Waals surface area (Å²) in [7, 11) is 2.93. The molecule has 5 aromatic rings. The molecule has 1 aromatic carbocycles. The molecule has 4 heterocycles. The lowest BCUT2D eigenvalue weighted by Gasteiger charge is -2.12. The summed E-state index contributed by atoms with van der Waals surface area (Å²) in [4.78, 5) is 51.6. The number of fused-ring (bicyclic) bond motifs is 2. The molecular formula is C22H19N7O3S. The van der Waals surface area contributed by atoms with Crippen LogP contribution in [0, 0.1) is 6.92 Å². The predicted octanol–water partition coefficient (Wildman–Crippen LogP) is 2.05. The van der Waals surface area contributed by atoms with E-state index in [-0.39, 0.29) is 23.6 Å². The number of rotatable bonds is 4. The number of hydrogen-bond donors (Lipinski definition) is 1. The summed E-state index contributed by atoms with van der Waals surface area (Å²) in [5.74, 6) is -0.323. The molecule has 33 heavy (non-hydrogen) atoms. The smallest absolute Gasteiger partial charge is 0.324 e. The molecule has 4 aromatic heterocycles. The van der Waals surface area contributed by atoms with E-state index < -0.39 is 11.2 Å². The third-order valence-electron chi connectivity index (χ3n) is 5.54. The highest BCUT2D eigenvalue weighted by Gasteiger charge is 2.17. The lowest BCUT2D eigenvalue weighted by Crippen LogP contribution is -2.37. The Morgan fingerprint density at radius 1 is 1.09 bits per heavy atom. The molecular weight excluding hydrogens is 442 g/mol. The molecule has 10 nitrogen and oxygen atoms in total. The highest BCUT2D eigenvalue weighted by atomic mass is 32.1. The van der Waals surface area contributed by atoms with Gasteiger partial charge >= 0.3 is 5.69 Å². The Labute approximate surface area is 190 Å². The molecule has 11 heteroatoms. The van der Waals surface area contributed by atoms with Crippen LogP contribution in [0.4, 0.5) is 5.69 Å². The van der Waals surface area contributed by atoms with E-state index in [1.54, 1.807) is 6.20 Å². The van der Waals surface area contributed by atoms with Crippen molar-refractivity contribution in [1.82, 2.24) is 28.7 Å². The fourth-order valence-electron chi connectivity index (χ4n) is 3.75. The van der Waals surface area contributed by atoms with Crippen molar-refractivity contribution >= 4 is 44.4 Å². The average molecular weight is 462 g/mol. The zero-order chi connectivity index (χ0) is 23.3. The second kappa shape index (κ2) is 7.78. The summed E-state index contributed by atoms with van der Waals surface area (Å²) in [6, 6.07) is 9.39. The molecule has 0 fully saturated rings. The van der Waals surface area contributed by atoms with Gasteiger partial charge in [-0.15, -0.1) is 0 Å². The van der Waals surface area contributed by atoms with Gasteiger partial charge in [0.25, 0.3) is 5.56 Å². The number of pyridine rings is 1. The first-order valence-electron chi connectivity index (χ1n) is 10.1. The van der Waals surface area contributed by atoms with Gasteiger partial charge in [-0.25, -0.2) is 19.7 Å². The lowest BCUT2D eigenvalue weighted by atomic mass is 10.1. The number of thiazole rings is 1. The maximum atomic E-state index is 12.9. The Morgan fingerprint density at radius 2 is 1.91 bits per heavy atom. The van der Waals surface area contributed by atoms with Crippen LogP contribution >= 0.6 is 11.3 Å². The lowest BCUT2D eigenvalue weighted by molar-refractivity contribution is -0.116. The van der Waals surface area contributed by atoms with Crippen LogP contribution in [-0.2, 0) is 25.4 Å². The Balaban J connectivity index is 1.45. The highest BCUT2D eigenvalue weighted by molar-refractivity contribution is 7.21. The van der Waals surface area contributed by atoms with E-state index in [2.05, 4.69) is 20.3 Å². The number of anilines is 1. The fourth-order valence-corrected chi connectivity index (χ4v) is 4.74. The summed E-state index contributed by atoms with van der Waals surface area (Å²) >= 11 is 1.49. The summed E-state index contributed by atoms with van der Waals surface area (Å²) in [5, 5.41) is 3.74. The summed E-state index contributed by atoms with van der Waals surface area (Å²) in [5.41, 5.74) is 2.72. The maximum Gasteiger partial charge on any atom is 0.332 e. The quantitative estimate of drug-likeness (QED) is 0.438. The molecule has 0 unspecified atom stereocenters. The first-order valence-corrected chi connectivity index (χ1v) is 10.9. The number of benzene rings is 1. The molecule has 1 amide bonds. The van der Waals surface area contributed by atoms with E-state index in [0.717, 1.165) is 31.0 Å². The van der Waals surface area contributed by atoms with Crippen molar-refractivity contribution in [1.29, 1.82) is 0 Å². The fraction of sp³-hybridized carbons (Fsp3) is 0.182. The molecule has 0 spiro atoms. The number of aryl methyl sites for hydroxylation is 1. The second-order valence-electron chi connectivity index (χ2n) is 7.62. The molecule has 5 rings (SSSR count). The monoisotopic (exact) mass is 461 g/mol. The van der Waals surface area contributed by atoms with Crippen LogP contribution in [0.2, 0.25) is 0 Å². The Morgan fingerprint density at radius 3 is 2.70 bits per heavy atom. The van der Waals surface area contributed by atoms with E-state index in [9.17, 15) is 14.4 Å². The summed E-state index contributed by atoms with van der Waals surface area (Å²) in [6.07, 6.45) is 3.13. The summed E-state index contributed by atoms with van der Waals surface area (Å²) in [6.45, 7) is 1.79. The number of aromatic nitrogens is 6. The van der Waals surface area contributed by atoms with Gasteiger partial charge in [-0.1, -0.05) is 23.5 Å². The van der Waals surface area contributed by atoms with Crippen LogP contribution in [-0.4, -0.2) is 34.6 Å². The zero-order valence-electron chi connectivity index (χ0n) is 18.1. The first-order chi connectivity index (χ1) is 15.8. The van der Waals surface area contributed by atoms with Gasteiger partial charge in [-0.2, -0.15) is 0 Å². The number of carbonyl (C=O) groups is 1. The summed E-state index contributed by atoms with van der Waals surface area (Å²) < 4.78 is 3.73. The van der Waals surface area contributed by atoms with Gasteiger partial charge in [-0.05, 0) is 30.7 Å². The number of hydrogen-bond acceptors (Lipinski definition) is 7. The van der Waals surface area contributed by atoms with E-state index in [1.807, 2.05) is 37.3 Å². The van der Waals surface area contributed by atoms with Crippen molar-refractivity contribution in [3.05, 3.63) is 69.3 Å². The van der Waals surface area contributed by atoms with Crippen molar-refractivity contribution < 1.29 is 4.79 Å². The molecule has 0 aliphatic rings. The van der Waals surface area contributed by atoms with Gasteiger partial charge in [0.15, 0.2) is 11.2 Å². The van der Waals surface area contributed by atoms with Crippen molar-refractivity contribution in [2.24, 2.45) is 14.1 Å². The van der Waals surface area contributed by atoms with Gasteiger partial charge in [-0.3, -0.25) is 18.7 Å². The predicted molar refractivity (Wildman–Crippen MR) is 126 cm³/mol. The third-order valence-corrected chi connectivity index (χ3v) is 6.55. The van der Waals surface area contributed by atoms with E-state index >= 15 is 0 Å². The number of nitrogens with one attached hydrogen (secondary N) is 1. The largest absolute Gasteiger partial charge is 0.332 e. The van der Waals surface area contributed by atoms with Gasteiger partial charge in [0.2, 0.25) is 5.91 Å². The Hall–Kier alpha value is -4.12. The van der Waals surface area contributed by atoms with Crippen LogP contribution in [0.1, 0.15) is 5.56 Å². The van der Waals surface area contributed by atoms with Crippen LogP contribution in [0.5, 0.6) is 0 Å². The molecule has 0 saturated heterocycles. The molecule has 166 valence electrons. The van der Waals surface area contributed by atoms with Crippen molar-refractivity contribution in [2.45, 2.75) is 13.5 Å². The van der Waals surface area contributed by atoms with E-state index in [1.165, 1.54) is 40.9 Å². The molecule has 0 atom stereocenters. The minimum absolute atomic E-state index is 0.126. The topological polar surface area (TPSA) is 117 Å². The van der Waals surface area contributed by atoms with Gasteiger partial charge in [0.1, 0.15) is 21.9 Å². The standard InChI is InChI=1S/C22H19N7O3S/c1-12-13(19-26-15-8-5-9-23-20(15)33-19)6-4-7-14(12)25-16(30)10-29-11-24-18-17(29)21(31)28(3)22(32)27(18)2/h4-9,11H,10H2,1-3H3,(H,25,30). The van der Waals surface area contributed by atoms with Crippen molar-refractivity contribution in [3.8, 4) is 10.6 Å². The van der Waals surface area contributed by atoms with Crippen LogP contribution in [0.15, 0.2) is 52.4 Å². The maximum absolute atomic E-state index is 12.9. The minimum Gasteiger partial charge on any atom is -0.324 e. The molecule has 0 radical (unpaired) electrons. The van der Waals surface area contributed by atoms with Crippen LogP contribution in [0.25, 0.3) is 32.1 Å². The van der Waals surface area contributed by atoms with Crippen LogP contribution in [0.3, 0.4) is 0 Å². The van der Waals surface area contributed by atoms with E-state index in [0.29, 0.717) is 5.69 Å². The SMILES string of the molecule is Cc1c(NC(=O)Cn2cnc3c2c(=O)n(C)c(=O)n3C)cccc1-c1nc2cccnc2s1. The second-order valence-corrected chi connectivity index (χ2v) is 8.60. The van der Waals surface area contributed by atoms with Crippen molar-refractivity contribution in [2.75, 3.05) is 5.32 Å². The first kappa shape index (κ1) is 20.8. The molecule has 0 saturated carbocycles. The highest BCUT2D eigenvalue weighted by Crippen LogP contribution is 2.33. The van der Waals surface area contributed by atoms with Crippen molar-refractivity contribution in [3.63, 3.8) is 0 Å². The van der Waals surface area contributed by atoms with Crippen LogP contribution < -0.4 is 16.6 Å². The van der Waals surface area contributed by atoms with E-state index in [4.69, 9.17) is 0 Å². The molecule has 1 N–H and O–H groups in total. The number of carbonyl (C=O) groups excluding carboxylic acids is 1. The Kier molecular flexibility index (Phi) is 4.90. The normalized spacial score (nSPS) is 11.4. The van der Waals surface area contributed by atoms with Gasteiger partial charge in [0.05, 0.1) is 6.33 Å². The number of amides is 1. The Bertz CT molecular complexity index is 1640. The molecule has 0 aliphatic heterocycles. The average Bonchev–Trinajstić information content (AvgIpc) is 3.42. The molecule has 0 aliphatic carbocycles. The zero-order valence-corrected chi connectivity index (χ0v) is 18.9. The van der Waals surface area contributed by atoms with Gasteiger partial charge in [0, 0.05) is 31.5 Å². The molecule has 0 bridgehead atoms.